The van der Waals surface area contributed by atoms with Crippen molar-refractivity contribution in [1.82, 2.24) is 0 Å². The molecule has 0 aromatic rings. The Kier molecular flexibility index (Phi) is 4.99. The minimum Gasteiger partial charge on any atom is -0.465 e. The Morgan fingerprint density at radius 2 is 2.07 bits per heavy atom. The number of ether oxygens (including phenoxy) is 1. The van der Waals surface area contributed by atoms with Gasteiger partial charge in [0.15, 0.2) is 0 Å². The molecule has 4 heteroatoms. The van der Waals surface area contributed by atoms with E-state index in [1.165, 1.54) is 0 Å². The number of rotatable bonds is 3. The first-order valence-corrected chi connectivity index (χ1v) is 4.98. The zero-order valence-corrected chi connectivity index (χ0v) is 10.00. The van der Waals surface area contributed by atoms with Crippen LogP contribution in [0.4, 0.5) is 0 Å². The number of nitriles is 1. The van der Waals surface area contributed by atoms with Crippen LogP contribution >= 0.6 is 0 Å². The van der Waals surface area contributed by atoms with Crippen LogP contribution in [0.15, 0.2) is 4.99 Å². The monoisotopic (exact) mass is 210 g/mol. The number of nitrogens with zero attached hydrogens (tertiary/aromatic N) is 2. The van der Waals surface area contributed by atoms with Gasteiger partial charge in [0.25, 0.3) is 0 Å². The SMILES string of the molecule is CCOC(=O)C(C)C(=NC#N)C(C)(C)C. The number of carbonyl (C=O) groups excluding carboxylic acids is 1. The second kappa shape index (κ2) is 5.50. The smallest absolute Gasteiger partial charge is 0.314 e. The Balaban J connectivity index is 4.90. The molecule has 0 amide bonds. The highest BCUT2D eigenvalue weighted by Crippen LogP contribution is 2.22. The van der Waals surface area contributed by atoms with Gasteiger partial charge in [0, 0.05) is 11.1 Å². The number of esters is 1. The van der Waals surface area contributed by atoms with Gasteiger partial charge in [0.2, 0.25) is 6.19 Å². The first-order valence-electron chi connectivity index (χ1n) is 4.98. The Labute approximate surface area is 91.0 Å². The lowest BCUT2D eigenvalue weighted by atomic mass is 9.83. The highest BCUT2D eigenvalue weighted by atomic mass is 16.5. The van der Waals surface area contributed by atoms with E-state index in [1.807, 2.05) is 20.8 Å². The molecule has 0 aliphatic carbocycles. The van der Waals surface area contributed by atoms with Crippen LogP contribution in [0.25, 0.3) is 0 Å². The fourth-order valence-corrected chi connectivity index (χ4v) is 1.35. The van der Waals surface area contributed by atoms with Gasteiger partial charge in [-0.3, -0.25) is 4.79 Å². The second-order valence-corrected chi connectivity index (χ2v) is 4.32. The average molecular weight is 210 g/mol. The van der Waals surface area contributed by atoms with E-state index >= 15 is 0 Å². The van der Waals surface area contributed by atoms with Gasteiger partial charge in [-0.2, -0.15) is 10.3 Å². The van der Waals surface area contributed by atoms with Crippen LogP contribution in [0.3, 0.4) is 0 Å². The molecule has 0 heterocycles. The van der Waals surface area contributed by atoms with Crippen LogP contribution in [-0.2, 0) is 9.53 Å². The molecule has 4 nitrogen and oxygen atoms in total. The Morgan fingerprint density at radius 3 is 2.40 bits per heavy atom. The van der Waals surface area contributed by atoms with Crippen molar-refractivity contribution in [2.45, 2.75) is 34.6 Å². The fraction of sp³-hybridized carbons (Fsp3) is 0.727. The number of hydrogen-bond donors (Lipinski definition) is 0. The molecule has 84 valence electrons. The van der Waals surface area contributed by atoms with Crippen molar-refractivity contribution in [2.24, 2.45) is 16.3 Å². The van der Waals surface area contributed by atoms with Crippen LogP contribution in [0, 0.1) is 22.8 Å². The summed E-state index contributed by atoms with van der Waals surface area (Å²) in [6, 6.07) is 0. The Bertz CT molecular complexity index is 295. The van der Waals surface area contributed by atoms with Crippen LogP contribution < -0.4 is 0 Å². The number of carbonyl (C=O) groups is 1. The molecule has 0 aromatic heterocycles. The molecule has 1 unspecified atom stereocenters. The van der Waals surface area contributed by atoms with Gasteiger partial charge in [-0.1, -0.05) is 20.8 Å². The van der Waals surface area contributed by atoms with E-state index in [1.54, 1.807) is 20.0 Å². The molecular formula is C11H18N2O2. The molecule has 0 aliphatic rings. The number of hydrogen-bond acceptors (Lipinski definition) is 4. The van der Waals surface area contributed by atoms with E-state index in [0.717, 1.165) is 0 Å². The van der Waals surface area contributed by atoms with Crippen molar-refractivity contribution in [3.05, 3.63) is 0 Å². The van der Waals surface area contributed by atoms with Crippen molar-refractivity contribution in [1.29, 1.82) is 5.26 Å². The van der Waals surface area contributed by atoms with Gasteiger partial charge in [-0.25, -0.2) is 0 Å². The summed E-state index contributed by atoms with van der Waals surface area (Å²) in [4.78, 5) is 15.2. The zero-order chi connectivity index (χ0) is 12.1. The topological polar surface area (TPSA) is 62.4 Å². The highest BCUT2D eigenvalue weighted by molar-refractivity contribution is 6.04. The van der Waals surface area contributed by atoms with E-state index in [2.05, 4.69) is 4.99 Å². The first-order chi connectivity index (χ1) is 6.84. The Morgan fingerprint density at radius 1 is 1.53 bits per heavy atom. The predicted octanol–water partition coefficient (Wildman–Crippen LogP) is 2.15. The van der Waals surface area contributed by atoms with E-state index in [9.17, 15) is 4.79 Å². The summed E-state index contributed by atoms with van der Waals surface area (Å²) >= 11 is 0. The van der Waals surface area contributed by atoms with Gasteiger partial charge in [-0.15, -0.1) is 0 Å². The summed E-state index contributed by atoms with van der Waals surface area (Å²) in [7, 11) is 0. The summed E-state index contributed by atoms with van der Waals surface area (Å²) in [6.45, 7) is 9.55. The van der Waals surface area contributed by atoms with Gasteiger partial charge in [0.1, 0.15) is 0 Å². The van der Waals surface area contributed by atoms with Gasteiger partial charge < -0.3 is 4.74 Å². The van der Waals surface area contributed by atoms with Crippen LogP contribution in [-0.4, -0.2) is 18.3 Å². The molecule has 1 atom stereocenters. The summed E-state index contributed by atoms with van der Waals surface area (Å²) in [5.41, 5.74) is 0.255. The molecule has 0 N–H and O–H groups in total. The van der Waals surface area contributed by atoms with Crippen molar-refractivity contribution in [2.75, 3.05) is 6.61 Å². The van der Waals surface area contributed by atoms with Crippen molar-refractivity contribution in [3.63, 3.8) is 0 Å². The van der Waals surface area contributed by atoms with Crippen molar-refractivity contribution in [3.8, 4) is 6.19 Å². The highest BCUT2D eigenvalue weighted by Gasteiger charge is 2.30. The molecule has 0 aliphatic heterocycles. The van der Waals surface area contributed by atoms with E-state index < -0.39 is 5.92 Å². The molecule has 0 fully saturated rings. The van der Waals surface area contributed by atoms with Gasteiger partial charge in [-0.05, 0) is 13.8 Å². The maximum absolute atomic E-state index is 11.5. The molecule has 0 saturated carbocycles. The summed E-state index contributed by atoms with van der Waals surface area (Å²) in [5, 5.41) is 8.57. The van der Waals surface area contributed by atoms with E-state index in [4.69, 9.17) is 10.00 Å². The lowest BCUT2D eigenvalue weighted by Crippen LogP contribution is -2.33. The summed E-state index contributed by atoms with van der Waals surface area (Å²) < 4.78 is 4.90. The maximum Gasteiger partial charge on any atom is 0.314 e. The lowest BCUT2D eigenvalue weighted by molar-refractivity contribution is -0.145. The van der Waals surface area contributed by atoms with E-state index in [-0.39, 0.29) is 11.4 Å². The van der Waals surface area contributed by atoms with Crippen LogP contribution in [0.2, 0.25) is 0 Å². The second-order valence-electron chi connectivity index (χ2n) is 4.32. The molecule has 0 rings (SSSR count). The van der Waals surface area contributed by atoms with Gasteiger partial charge in [0.05, 0.1) is 12.5 Å². The standard InChI is InChI=1S/C11H18N2O2/c1-6-15-10(14)8(2)9(13-7-12)11(3,4)5/h8H,6H2,1-5H3. The normalized spacial score (nSPS) is 14.3. The minimum absolute atomic E-state index is 0.304. The zero-order valence-electron chi connectivity index (χ0n) is 10.00. The largest absolute Gasteiger partial charge is 0.465 e. The average Bonchev–Trinajstić information content (AvgIpc) is 2.11. The minimum atomic E-state index is -0.468. The molecule has 0 radical (unpaired) electrons. The number of aliphatic imine (C=N–C) groups is 1. The van der Waals surface area contributed by atoms with Crippen molar-refractivity contribution >= 4 is 11.7 Å². The van der Waals surface area contributed by atoms with Crippen LogP contribution in [0.1, 0.15) is 34.6 Å². The van der Waals surface area contributed by atoms with Gasteiger partial charge >= 0.3 is 5.97 Å². The third-order valence-electron chi connectivity index (χ3n) is 1.99. The molecule has 0 saturated heterocycles. The third-order valence-corrected chi connectivity index (χ3v) is 1.99. The van der Waals surface area contributed by atoms with E-state index in [0.29, 0.717) is 12.3 Å². The molecule has 0 bridgehead atoms. The lowest BCUT2D eigenvalue weighted by Gasteiger charge is -2.24. The maximum atomic E-state index is 11.5. The first kappa shape index (κ1) is 13.6. The third kappa shape index (κ3) is 4.11. The Hall–Kier alpha value is -1.37. The fourth-order valence-electron chi connectivity index (χ4n) is 1.35. The molecule has 0 aromatic carbocycles. The molecule has 0 spiro atoms. The quantitative estimate of drug-likeness (QED) is 0.407. The molecular weight excluding hydrogens is 192 g/mol. The van der Waals surface area contributed by atoms with Crippen LogP contribution in [0.5, 0.6) is 0 Å². The predicted molar refractivity (Wildman–Crippen MR) is 58.3 cm³/mol. The summed E-state index contributed by atoms with van der Waals surface area (Å²) in [5.74, 6) is -0.800. The molecule has 15 heavy (non-hydrogen) atoms. The van der Waals surface area contributed by atoms with Crippen molar-refractivity contribution < 1.29 is 9.53 Å². The summed E-state index contributed by atoms with van der Waals surface area (Å²) in [6.07, 6.45) is 1.73.